The van der Waals surface area contributed by atoms with Gasteiger partial charge >= 0.3 is 5.97 Å². The van der Waals surface area contributed by atoms with Crippen LogP contribution in [0.25, 0.3) is 0 Å². The molecule has 0 radical (unpaired) electrons. The third-order valence-electron chi connectivity index (χ3n) is 2.23. The van der Waals surface area contributed by atoms with E-state index < -0.39 is 12.0 Å². The molecule has 1 aromatic rings. The summed E-state index contributed by atoms with van der Waals surface area (Å²) in [4.78, 5) is 12.6. The number of aliphatic carboxylic acids is 1. The van der Waals surface area contributed by atoms with Gasteiger partial charge in [-0.3, -0.25) is 9.69 Å². The second-order valence-electron chi connectivity index (χ2n) is 3.65. The van der Waals surface area contributed by atoms with E-state index in [0.717, 1.165) is 5.56 Å². The van der Waals surface area contributed by atoms with Crippen LogP contribution in [-0.4, -0.2) is 36.1 Å². The normalized spacial score (nSPS) is 12.8. The van der Waals surface area contributed by atoms with Crippen molar-refractivity contribution in [2.75, 3.05) is 14.1 Å². The van der Waals surface area contributed by atoms with E-state index in [1.54, 1.807) is 31.1 Å². The molecule has 0 heterocycles. The minimum Gasteiger partial charge on any atom is -0.480 e. The molecule has 0 saturated carbocycles. The lowest BCUT2D eigenvalue weighted by atomic mass is 10.1. The van der Waals surface area contributed by atoms with Gasteiger partial charge in [0.25, 0.3) is 0 Å². The van der Waals surface area contributed by atoms with E-state index >= 15 is 0 Å². The Labute approximate surface area is 94.3 Å². The minimum atomic E-state index is -0.819. The molecule has 0 saturated heterocycles. The van der Waals surface area contributed by atoms with Gasteiger partial charge in [0.05, 0.1) is 0 Å². The average molecular weight is 228 g/mol. The minimum absolute atomic E-state index is 0.461. The summed E-state index contributed by atoms with van der Waals surface area (Å²) in [7, 11) is 3.51. The summed E-state index contributed by atoms with van der Waals surface area (Å²) >= 11 is 5.83. The zero-order valence-corrected chi connectivity index (χ0v) is 9.53. The lowest BCUT2D eigenvalue weighted by molar-refractivity contribution is -0.142. The summed E-state index contributed by atoms with van der Waals surface area (Å²) < 4.78 is 0. The highest BCUT2D eigenvalue weighted by atomic mass is 35.5. The summed E-state index contributed by atoms with van der Waals surface area (Å²) in [5, 5.41) is 9.63. The molecule has 0 aromatic heterocycles. The molecule has 0 fully saturated rings. The average Bonchev–Trinajstić information content (AvgIpc) is 2.13. The summed E-state index contributed by atoms with van der Waals surface area (Å²) in [5.41, 5.74) is 0.934. The zero-order valence-electron chi connectivity index (χ0n) is 8.77. The molecule has 0 bridgehead atoms. The van der Waals surface area contributed by atoms with Gasteiger partial charge in [-0.2, -0.15) is 0 Å². The number of hydrogen-bond acceptors (Lipinski definition) is 2. The molecule has 1 atom stereocenters. The van der Waals surface area contributed by atoms with E-state index in [9.17, 15) is 4.79 Å². The van der Waals surface area contributed by atoms with Gasteiger partial charge in [-0.15, -0.1) is 0 Å². The van der Waals surface area contributed by atoms with Gasteiger partial charge < -0.3 is 5.11 Å². The van der Waals surface area contributed by atoms with E-state index in [1.807, 2.05) is 12.1 Å². The van der Waals surface area contributed by atoms with Crippen molar-refractivity contribution in [3.63, 3.8) is 0 Å². The highest BCUT2D eigenvalue weighted by Gasteiger charge is 2.19. The molecular weight excluding hydrogens is 214 g/mol. The number of benzene rings is 1. The van der Waals surface area contributed by atoms with Gasteiger partial charge in [-0.25, -0.2) is 0 Å². The maximum absolute atomic E-state index is 11.0. The van der Waals surface area contributed by atoms with Gasteiger partial charge in [-0.1, -0.05) is 23.7 Å². The van der Waals surface area contributed by atoms with E-state index in [4.69, 9.17) is 16.7 Å². The Bertz CT molecular complexity index is 352. The molecule has 15 heavy (non-hydrogen) atoms. The first kappa shape index (κ1) is 12.0. The maximum atomic E-state index is 11.0. The molecule has 82 valence electrons. The fourth-order valence-corrected chi connectivity index (χ4v) is 1.59. The quantitative estimate of drug-likeness (QED) is 0.854. The molecule has 4 heteroatoms. The van der Waals surface area contributed by atoms with Gasteiger partial charge in [0.15, 0.2) is 0 Å². The number of nitrogens with zero attached hydrogens (tertiary/aromatic N) is 1. The van der Waals surface area contributed by atoms with Crippen LogP contribution in [0.15, 0.2) is 24.3 Å². The number of carboxylic acids is 1. The molecule has 0 aliphatic rings. The van der Waals surface area contributed by atoms with Crippen LogP contribution >= 0.6 is 11.6 Å². The standard InChI is InChI=1S/C11H14ClNO2/c1-13(2)10(11(14)15)7-8-4-3-5-9(12)6-8/h3-6,10H,7H2,1-2H3,(H,14,15)/t10-/m1/s1. The van der Waals surface area contributed by atoms with Crippen LogP contribution in [0.4, 0.5) is 0 Å². The summed E-state index contributed by atoms with van der Waals surface area (Å²) in [6.45, 7) is 0. The van der Waals surface area contributed by atoms with Gasteiger partial charge in [-0.05, 0) is 38.2 Å². The van der Waals surface area contributed by atoms with Gasteiger partial charge in [0.1, 0.15) is 6.04 Å². The van der Waals surface area contributed by atoms with E-state index in [0.29, 0.717) is 11.4 Å². The van der Waals surface area contributed by atoms with Crippen LogP contribution in [0.2, 0.25) is 5.02 Å². The SMILES string of the molecule is CN(C)[C@H](Cc1cccc(Cl)c1)C(=O)O. The van der Waals surface area contributed by atoms with Gasteiger partial charge in [0.2, 0.25) is 0 Å². The van der Waals surface area contributed by atoms with Crippen LogP contribution in [0.5, 0.6) is 0 Å². The Morgan fingerprint density at radius 2 is 2.20 bits per heavy atom. The summed E-state index contributed by atoms with van der Waals surface area (Å²) in [6, 6.07) is 6.76. The number of halogens is 1. The Morgan fingerprint density at radius 3 is 2.67 bits per heavy atom. The Hall–Kier alpha value is -1.06. The van der Waals surface area contributed by atoms with Crippen LogP contribution in [0, 0.1) is 0 Å². The van der Waals surface area contributed by atoms with Crippen LogP contribution in [-0.2, 0) is 11.2 Å². The van der Waals surface area contributed by atoms with Crippen molar-refractivity contribution in [2.24, 2.45) is 0 Å². The van der Waals surface area contributed by atoms with Crippen molar-refractivity contribution in [2.45, 2.75) is 12.5 Å². The molecular formula is C11H14ClNO2. The first-order valence-electron chi connectivity index (χ1n) is 4.64. The largest absolute Gasteiger partial charge is 0.480 e. The Kier molecular flexibility index (Phi) is 4.12. The lowest BCUT2D eigenvalue weighted by Gasteiger charge is -2.19. The van der Waals surface area contributed by atoms with Gasteiger partial charge in [0, 0.05) is 5.02 Å². The second kappa shape index (κ2) is 5.14. The third-order valence-corrected chi connectivity index (χ3v) is 2.46. The van der Waals surface area contributed by atoms with Crippen LogP contribution < -0.4 is 0 Å². The topological polar surface area (TPSA) is 40.5 Å². The van der Waals surface area contributed by atoms with Crippen LogP contribution in [0.3, 0.4) is 0 Å². The number of rotatable bonds is 4. The summed E-state index contributed by atoms with van der Waals surface area (Å²) in [6.07, 6.45) is 0.461. The molecule has 0 spiro atoms. The molecule has 3 nitrogen and oxygen atoms in total. The number of carbonyl (C=O) groups is 1. The highest BCUT2D eigenvalue weighted by Crippen LogP contribution is 2.13. The predicted octanol–water partition coefficient (Wildman–Crippen LogP) is 1.90. The predicted molar refractivity (Wildman–Crippen MR) is 60.3 cm³/mol. The van der Waals surface area contributed by atoms with E-state index in [1.165, 1.54) is 0 Å². The molecule has 1 rings (SSSR count). The smallest absolute Gasteiger partial charge is 0.321 e. The first-order chi connectivity index (χ1) is 7.00. The number of carboxylic acid groups (broad SMARTS) is 1. The molecule has 0 aliphatic heterocycles. The molecule has 1 aromatic carbocycles. The summed E-state index contributed by atoms with van der Waals surface area (Å²) in [5.74, 6) is -0.819. The maximum Gasteiger partial charge on any atom is 0.321 e. The van der Waals surface area contributed by atoms with Crippen molar-refractivity contribution in [1.29, 1.82) is 0 Å². The lowest BCUT2D eigenvalue weighted by Crippen LogP contribution is -2.37. The first-order valence-corrected chi connectivity index (χ1v) is 5.02. The van der Waals surface area contributed by atoms with Crippen molar-refractivity contribution in [3.8, 4) is 0 Å². The Balaban J connectivity index is 2.79. The fraction of sp³-hybridized carbons (Fsp3) is 0.364. The highest BCUT2D eigenvalue weighted by molar-refractivity contribution is 6.30. The zero-order chi connectivity index (χ0) is 11.4. The van der Waals surface area contributed by atoms with E-state index in [2.05, 4.69) is 0 Å². The molecule has 1 N–H and O–H groups in total. The van der Waals surface area contributed by atoms with E-state index in [-0.39, 0.29) is 0 Å². The van der Waals surface area contributed by atoms with Crippen molar-refractivity contribution in [3.05, 3.63) is 34.9 Å². The van der Waals surface area contributed by atoms with Crippen molar-refractivity contribution >= 4 is 17.6 Å². The van der Waals surface area contributed by atoms with Crippen molar-refractivity contribution in [1.82, 2.24) is 4.90 Å². The molecule has 0 aliphatic carbocycles. The fourth-order valence-electron chi connectivity index (χ4n) is 1.38. The number of hydrogen-bond donors (Lipinski definition) is 1. The van der Waals surface area contributed by atoms with Crippen LogP contribution in [0.1, 0.15) is 5.56 Å². The monoisotopic (exact) mass is 227 g/mol. The van der Waals surface area contributed by atoms with Crippen molar-refractivity contribution < 1.29 is 9.90 Å². The second-order valence-corrected chi connectivity index (χ2v) is 4.09. The third kappa shape index (κ3) is 3.53. The molecule has 0 unspecified atom stereocenters. The Morgan fingerprint density at radius 1 is 1.53 bits per heavy atom. The number of likely N-dealkylation sites (N-methyl/N-ethyl adjacent to an activating group) is 1. The molecule has 0 amide bonds.